The molecular formula is C16H20N4O2. The molecule has 1 amide bonds. The molecule has 0 unspecified atom stereocenters. The van der Waals surface area contributed by atoms with Crippen molar-refractivity contribution in [3.05, 3.63) is 35.2 Å². The van der Waals surface area contributed by atoms with E-state index >= 15 is 0 Å². The minimum atomic E-state index is -0.107. The van der Waals surface area contributed by atoms with E-state index in [9.17, 15) is 4.79 Å². The Bertz CT molecular complexity index is 693. The number of rotatable bonds is 4. The number of hydrogen-bond donors (Lipinski definition) is 1. The van der Waals surface area contributed by atoms with Gasteiger partial charge in [-0.3, -0.25) is 14.7 Å². The van der Waals surface area contributed by atoms with Gasteiger partial charge < -0.3 is 4.74 Å². The van der Waals surface area contributed by atoms with E-state index in [1.165, 1.54) is 0 Å². The number of aryl methyl sites for hydroxylation is 2. The SMILES string of the molecule is COc1ccc(C)cc1CC(=O)Nc1nnc2n1CCCC2. The Kier molecular flexibility index (Phi) is 4.09. The lowest BCUT2D eigenvalue weighted by atomic mass is 10.1. The first kappa shape index (κ1) is 14.6. The van der Waals surface area contributed by atoms with Gasteiger partial charge in [-0.05, 0) is 25.8 Å². The minimum Gasteiger partial charge on any atom is -0.496 e. The van der Waals surface area contributed by atoms with Gasteiger partial charge in [0, 0.05) is 18.5 Å². The molecule has 0 aliphatic carbocycles. The molecule has 1 aliphatic rings. The number of hydrogen-bond acceptors (Lipinski definition) is 4. The van der Waals surface area contributed by atoms with Crippen molar-refractivity contribution in [1.82, 2.24) is 14.8 Å². The largest absolute Gasteiger partial charge is 0.496 e. The van der Waals surface area contributed by atoms with Crippen LogP contribution in [0, 0.1) is 6.92 Å². The quantitative estimate of drug-likeness (QED) is 0.939. The van der Waals surface area contributed by atoms with E-state index in [1.807, 2.05) is 29.7 Å². The fourth-order valence-electron chi connectivity index (χ4n) is 2.79. The third-order valence-corrected chi connectivity index (χ3v) is 3.90. The first-order valence-corrected chi connectivity index (χ1v) is 7.53. The van der Waals surface area contributed by atoms with Crippen LogP contribution in [0.5, 0.6) is 5.75 Å². The highest BCUT2D eigenvalue weighted by Crippen LogP contribution is 2.21. The number of benzene rings is 1. The number of ether oxygens (including phenoxy) is 1. The highest BCUT2D eigenvalue weighted by Gasteiger charge is 2.18. The number of anilines is 1. The number of aromatic nitrogens is 3. The summed E-state index contributed by atoms with van der Waals surface area (Å²) >= 11 is 0. The Balaban J connectivity index is 1.73. The number of methoxy groups -OCH3 is 1. The van der Waals surface area contributed by atoms with Crippen LogP contribution in [0.2, 0.25) is 0 Å². The summed E-state index contributed by atoms with van der Waals surface area (Å²) in [6, 6.07) is 5.82. The molecule has 3 rings (SSSR count). The van der Waals surface area contributed by atoms with Crippen molar-refractivity contribution in [3.8, 4) is 5.75 Å². The number of carbonyl (C=O) groups is 1. The number of nitrogens with zero attached hydrogens (tertiary/aromatic N) is 3. The second-order valence-corrected chi connectivity index (χ2v) is 5.59. The molecule has 0 radical (unpaired) electrons. The second kappa shape index (κ2) is 6.17. The van der Waals surface area contributed by atoms with Crippen molar-refractivity contribution in [1.29, 1.82) is 0 Å². The van der Waals surface area contributed by atoms with Gasteiger partial charge in [-0.25, -0.2) is 0 Å². The standard InChI is InChI=1S/C16H20N4O2/c1-11-6-7-13(22-2)12(9-11)10-15(21)17-16-19-18-14-5-3-4-8-20(14)16/h6-7,9H,3-5,8,10H2,1-2H3,(H,17,19,21). The molecule has 6 heteroatoms. The monoisotopic (exact) mass is 300 g/mol. The van der Waals surface area contributed by atoms with Crippen LogP contribution in [-0.4, -0.2) is 27.8 Å². The van der Waals surface area contributed by atoms with Gasteiger partial charge in [0.05, 0.1) is 13.5 Å². The molecule has 2 heterocycles. The highest BCUT2D eigenvalue weighted by molar-refractivity contribution is 5.91. The molecular weight excluding hydrogens is 280 g/mol. The Morgan fingerprint density at radius 2 is 2.23 bits per heavy atom. The zero-order chi connectivity index (χ0) is 15.5. The van der Waals surface area contributed by atoms with Crippen LogP contribution < -0.4 is 10.1 Å². The predicted molar refractivity (Wildman–Crippen MR) is 83.0 cm³/mol. The zero-order valence-corrected chi connectivity index (χ0v) is 12.9. The molecule has 1 N–H and O–H groups in total. The molecule has 0 fully saturated rings. The lowest BCUT2D eigenvalue weighted by molar-refractivity contribution is -0.115. The molecule has 0 atom stereocenters. The van der Waals surface area contributed by atoms with Crippen molar-refractivity contribution in [2.75, 3.05) is 12.4 Å². The lowest BCUT2D eigenvalue weighted by Crippen LogP contribution is -2.20. The summed E-state index contributed by atoms with van der Waals surface area (Å²) in [5, 5.41) is 11.1. The van der Waals surface area contributed by atoms with E-state index in [0.29, 0.717) is 5.95 Å². The third-order valence-electron chi connectivity index (χ3n) is 3.90. The molecule has 6 nitrogen and oxygen atoms in total. The van der Waals surface area contributed by atoms with E-state index in [0.717, 1.165) is 48.5 Å². The molecule has 0 bridgehead atoms. The van der Waals surface area contributed by atoms with E-state index in [4.69, 9.17) is 4.74 Å². The van der Waals surface area contributed by atoms with Gasteiger partial charge >= 0.3 is 0 Å². The maximum atomic E-state index is 12.3. The molecule has 2 aromatic rings. The molecule has 1 aliphatic heterocycles. The predicted octanol–water partition coefficient (Wildman–Crippen LogP) is 2.11. The van der Waals surface area contributed by atoms with Crippen LogP contribution >= 0.6 is 0 Å². The number of amides is 1. The van der Waals surface area contributed by atoms with E-state index < -0.39 is 0 Å². The summed E-state index contributed by atoms with van der Waals surface area (Å²) in [6.07, 6.45) is 3.41. The third kappa shape index (κ3) is 2.95. The first-order chi connectivity index (χ1) is 10.7. The smallest absolute Gasteiger partial charge is 0.231 e. The van der Waals surface area contributed by atoms with Crippen molar-refractivity contribution >= 4 is 11.9 Å². The number of nitrogens with one attached hydrogen (secondary N) is 1. The van der Waals surface area contributed by atoms with Crippen LogP contribution in [0.15, 0.2) is 18.2 Å². The van der Waals surface area contributed by atoms with Crippen LogP contribution in [0.4, 0.5) is 5.95 Å². The number of fused-ring (bicyclic) bond motifs is 1. The van der Waals surface area contributed by atoms with Gasteiger partial charge in [-0.1, -0.05) is 17.7 Å². The van der Waals surface area contributed by atoms with E-state index in [1.54, 1.807) is 7.11 Å². The fourth-order valence-corrected chi connectivity index (χ4v) is 2.79. The van der Waals surface area contributed by atoms with Crippen LogP contribution in [-0.2, 0) is 24.2 Å². The van der Waals surface area contributed by atoms with Gasteiger partial charge in [0.1, 0.15) is 11.6 Å². The average molecular weight is 300 g/mol. The lowest BCUT2D eigenvalue weighted by Gasteiger charge is -2.15. The van der Waals surface area contributed by atoms with Gasteiger partial charge in [0.25, 0.3) is 0 Å². The van der Waals surface area contributed by atoms with Gasteiger partial charge in [-0.2, -0.15) is 0 Å². The Morgan fingerprint density at radius 1 is 1.36 bits per heavy atom. The van der Waals surface area contributed by atoms with Crippen LogP contribution in [0.3, 0.4) is 0 Å². The Hall–Kier alpha value is -2.37. The van der Waals surface area contributed by atoms with Crippen molar-refractivity contribution < 1.29 is 9.53 Å². The molecule has 0 saturated heterocycles. The summed E-state index contributed by atoms with van der Waals surface area (Å²) in [5.41, 5.74) is 1.97. The second-order valence-electron chi connectivity index (χ2n) is 5.59. The molecule has 22 heavy (non-hydrogen) atoms. The highest BCUT2D eigenvalue weighted by atomic mass is 16.5. The van der Waals surface area contributed by atoms with Crippen LogP contribution in [0.25, 0.3) is 0 Å². The zero-order valence-electron chi connectivity index (χ0n) is 12.9. The summed E-state index contributed by atoms with van der Waals surface area (Å²) < 4.78 is 7.31. The van der Waals surface area contributed by atoms with E-state index in [-0.39, 0.29) is 12.3 Å². The maximum absolute atomic E-state index is 12.3. The topological polar surface area (TPSA) is 69.0 Å². The Morgan fingerprint density at radius 3 is 3.05 bits per heavy atom. The molecule has 0 saturated carbocycles. The summed E-state index contributed by atoms with van der Waals surface area (Å²) in [6.45, 7) is 2.86. The van der Waals surface area contributed by atoms with Crippen molar-refractivity contribution in [2.45, 2.75) is 39.2 Å². The summed E-state index contributed by atoms with van der Waals surface area (Å²) in [4.78, 5) is 12.3. The molecule has 0 spiro atoms. The maximum Gasteiger partial charge on any atom is 0.231 e. The van der Waals surface area contributed by atoms with E-state index in [2.05, 4.69) is 15.5 Å². The average Bonchev–Trinajstić information content (AvgIpc) is 2.91. The van der Waals surface area contributed by atoms with Crippen molar-refractivity contribution in [3.63, 3.8) is 0 Å². The fraction of sp³-hybridized carbons (Fsp3) is 0.438. The van der Waals surface area contributed by atoms with Gasteiger partial charge in [-0.15, -0.1) is 10.2 Å². The molecule has 1 aromatic heterocycles. The van der Waals surface area contributed by atoms with Gasteiger partial charge in [0.2, 0.25) is 11.9 Å². The summed E-state index contributed by atoms with van der Waals surface area (Å²) in [5.74, 6) is 2.12. The van der Waals surface area contributed by atoms with Crippen LogP contribution in [0.1, 0.15) is 29.8 Å². The minimum absolute atomic E-state index is 0.107. The molecule has 116 valence electrons. The molecule has 1 aromatic carbocycles. The van der Waals surface area contributed by atoms with Gasteiger partial charge in [0.15, 0.2) is 0 Å². The number of carbonyl (C=O) groups excluding carboxylic acids is 1. The first-order valence-electron chi connectivity index (χ1n) is 7.53. The normalized spacial score (nSPS) is 13.5. The Labute approximate surface area is 129 Å². The summed E-state index contributed by atoms with van der Waals surface area (Å²) in [7, 11) is 1.61. The van der Waals surface area contributed by atoms with Crippen molar-refractivity contribution in [2.24, 2.45) is 0 Å².